The van der Waals surface area contributed by atoms with E-state index in [4.69, 9.17) is 5.26 Å². The first kappa shape index (κ1) is 7.27. The molecule has 0 aromatic heterocycles. The van der Waals surface area contributed by atoms with Gasteiger partial charge in [0.2, 0.25) is 0 Å². The molecular formula is C8H11NO. The van der Waals surface area contributed by atoms with Crippen LogP contribution in [0.25, 0.3) is 0 Å². The zero-order valence-corrected chi connectivity index (χ0v) is 6.13. The number of nitriles is 1. The highest BCUT2D eigenvalue weighted by Crippen LogP contribution is 2.31. The van der Waals surface area contributed by atoms with Crippen molar-refractivity contribution in [1.29, 1.82) is 5.26 Å². The van der Waals surface area contributed by atoms with Gasteiger partial charge in [0, 0.05) is 5.92 Å². The van der Waals surface area contributed by atoms with E-state index in [1.807, 2.05) is 0 Å². The average molecular weight is 137 g/mol. The molecule has 10 heavy (non-hydrogen) atoms. The number of hydrogen-bond donors (Lipinski definition) is 0. The normalized spacial score (nSPS) is 31.6. The lowest BCUT2D eigenvalue weighted by atomic mass is 9.94. The summed E-state index contributed by atoms with van der Waals surface area (Å²) in [6.07, 6.45) is 2.89. The molecule has 0 radical (unpaired) electrons. The van der Waals surface area contributed by atoms with Crippen molar-refractivity contribution in [3.63, 3.8) is 0 Å². The van der Waals surface area contributed by atoms with Crippen LogP contribution in [-0.2, 0) is 4.79 Å². The summed E-state index contributed by atoms with van der Waals surface area (Å²) in [5.41, 5.74) is 0. The first-order chi connectivity index (χ1) is 4.75. The fourth-order valence-corrected chi connectivity index (χ4v) is 1.60. The molecule has 2 atom stereocenters. The van der Waals surface area contributed by atoms with Crippen LogP contribution in [0.15, 0.2) is 0 Å². The standard InChI is InChI=1S/C8H11NO/c1-6(10)8-4-2-3-7(8)5-9/h7-8H,2-4H2,1H3/t7-,8+/m0/s1. The lowest BCUT2D eigenvalue weighted by Gasteiger charge is -2.06. The van der Waals surface area contributed by atoms with E-state index in [1.54, 1.807) is 6.92 Å². The van der Waals surface area contributed by atoms with Gasteiger partial charge in [-0.1, -0.05) is 6.42 Å². The summed E-state index contributed by atoms with van der Waals surface area (Å²) >= 11 is 0. The topological polar surface area (TPSA) is 40.9 Å². The third kappa shape index (κ3) is 1.18. The maximum absolute atomic E-state index is 10.9. The molecule has 1 saturated carbocycles. The van der Waals surface area contributed by atoms with Gasteiger partial charge in [-0.05, 0) is 19.8 Å². The molecule has 1 fully saturated rings. The van der Waals surface area contributed by atoms with Crippen LogP contribution in [0.1, 0.15) is 26.2 Å². The fraction of sp³-hybridized carbons (Fsp3) is 0.750. The van der Waals surface area contributed by atoms with E-state index in [9.17, 15) is 4.79 Å². The summed E-state index contributed by atoms with van der Waals surface area (Å²) in [6, 6.07) is 2.17. The summed E-state index contributed by atoms with van der Waals surface area (Å²) in [5.74, 6) is 0.242. The van der Waals surface area contributed by atoms with Gasteiger partial charge in [-0.2, -0.15) is 5.26 Å². The van der Waals surface area contributed by atoms with Crippen LogP contribution in [0.5, 0.6) is 0 Å². The highest BCUT2D eigenvalue weighted by Gasteiger charge is 2.30. The van der Waals surface area contributed by atoms with Crippen LogP contribution in [0, 0.1) is 23.2 Å². The van der Waals surface area contributed by atoms with Crippen molar-refractivity contribution in [1.82, 2.24) is 0 Å². The first-order valence-electron chi connectivity index (χ1n) is 3.65. The molecule has 1 aliphatic carbocycles. The number of rotatable bonds is 1. The van der Waals surface area contributed by atoms with Gasteiger partial charge < -0.3 is 0 Å². The van der Waals surface area contributed by atoms with E-state index in [-0.39, 0.29) is 17.6 Å². The lowest BCUT2D eigenvalue weighted by Crippen LogP contribution is -2.14. The molecule has 0 saturated heterocycles. The number of hydrogen-bond acceptors (Lipinski definition) is 2. The molecule has 0 unspecified atom stereocenters. The Morgan fingerprint density at radius 1 is 1.60 bits per heavy atom. The third-order valence-corrected chi connectivity index (χ3v) is 2.20. The Balaban J connectivity index is 2.61. The lowest BCUT2D eigenvalue weighted by molar-refractivity contribution is -0.121. The molecule has 0 aromatic carbocycles. The molecule has 0 aromatic rings. The first-order valence-corrected chi connectivity index (χ1v) is 3.65. The van der Waals surface area contributed by atoms with Crippen LogP contribution >= 0.6 is 0 Å². The molecule has 1 rings (SSSR count). The molecule has 0 N–H and O–H groups in total. The Bertz CT molecular complexity index is 180. The van der Waals surface area contributed by atoms with Crippen LogP contribution in [-0.4, -0.2) is 5.78 Å². The van der Waals surface area contributed by atoms with Gasteiger partial charge in [0.1, 0.15) is 5.78 Å². The molecule has 2 nitrogen and oxygen atoms in total. The van der Waals surface area contributed by atoms with Crippen LogP contribution in [0.4, 0.5) is 0 Å². The number of nitrogens with zero attached hydrogens (tertiary/aromatic N) is 1. The number of carbonyl (C=O) groups is 1. The number of carbonyl (C=O) groups excluding carboxylic acids is 1. The molecular weight excluding hydrogens is 126 g/mol. The highest BCUT2D eigenvalue weighted by molar-refractivity contribution is 5.79. The number of ketones is 1. The Hall–Kier alpha value is -0.840. The van der Waals surface area contributed by atoms with E-state index in [2.05, 4.69) is 6.07 Å². The Morgan fingerprint density at radius 3 is 2.70 bits per heavy atom. The number of Topliss-reactive ketones (excluding diaryl/α,β-unsaturated/α-hetero) is 1. The van der Waals surface area contributed by atoms with Gasteiger partial charge in [0.15, 0.2) is 0 Å². The van der Waals surface area contributed by atoms with E-state index in [0.717, 1.165) is 19.3 Å². The van der Waals surface area contributed by atoms with Gasteiger partial charge in [0.25, 0.3) is 0 Å². The molecule has 2 heteroatoms. The van der Waals surface area contributed by atoms with Crippen molar-refractivity contribution in [3.05, 3.63) is 0 Å². The average Bonchev–Trinajstić information content (AvgIpc) is 2.33. The van der Waals surface area contributed by atoms with Crippen molar-refractivity contribution in [2.45, 2.75) is 26.2 Å². The molecule has 0 heterocycles. The van der Waals surface area contributed by atoms with Gasteiger partial charge >= 0.3 is 0 Å². The second-order valence-corrected chi connectivity index (χ2v) is 2.88. The second kappa shape index (κ2) is 2.83. The third-order valence-electron chi connectivity index (χ3n) is 2.20. The van der Waals surface area contributed by atoms with Gasteiger partial charge in [-0.15, -0.1) is 0 Å². The summed E-state index contributed by atoms with van der Waals surface area (Å²) in [4.78, 5) is 10.9. The summed E-state index contributed by atoms with van der Waals surface area (Å²) in [7, 11) is 0. The Kier molecular flexibility index (Phi) is 2.06. The molecule has 0 spiro atoms. The summed E-state index contributed by atoms with van der Waals surface area (Å²) in [5, 5.41) is 8.58. The second-order valence-electron chi connectivity index (χ2n) is 2.88. The van der Waals surface area contributed by atoms with Crippen LogP contribution in [0.3, 0.4) is 0 Å². The SMILES string of the molecule is CC(=O)[C@H]1CCC[C@H]1C#N. The van der Waals surface area contributed by atoms with E-state index >= 15 is 0 Å². The molecule has 54 valence electrons. The minimum absolute atomic E-state index is 0.0116. The van der Waals surface area contributed by atoms with Gasteiger partial charge in [-0.3, -0.25) is 4.79 Å². The fourth-order valence-electron chi connectivity index (χ4n) is 1.60. The van der Waals surface area contributed by atoms with Gasteiger partial charge in [-0.25, -0.2) is 0 Å². The van der Waals surface area contributed by atoms with Crippen molar-refractivity contribution < 1.29 is 4.79 Å². The largest absolute Gasteiger partial charge is 0.300 e. The molecule has 1 aliphatic rings. The minimum Gasteiger partial charge on any atom is -0.300 e. The summed E-state index contributed by atoms with van der Waals surface area (Å²) < 4.78 is 0. The Morgan fingerprint density at radius 2 is 2.30 bits per heavy atom. The van der Waals surface area contributed by atoms with E-state index in [0.29, 0.717) is 0 Å². The van der Waals surface area contributed by atoms with Crippen LogP contribution in [0.2, 0.25) is 0 Å². The van der Waals surface area contributed by atoms with Gasteiger partial charge in [0.05, 0.1) is 12.0 Å². The minimum atomic E-state index is 0.0116. The Labute approximate surface area is 60.8 Å². The van der Waals surface area contributed by atoms with Crippen molar-refractivity contribution in [2.75, 3.05) is 0 Å². The molecule has 0 amide bonds. The predicted octanol–water partition coefficient (Wildman–Crippen LogP) is 1.52. The van der Waals surface area contributed by atoms with Crippen molar-refractivity contribution in [3.8, 4) is 6.07 Å². The summed E-state index contributed by atoms with van der Waals surface area (Å²) in [6.45, 7) is 1.58. The van der Waals surface area contributed by atoms with Crippen molar-refractivity contribution >= 4 is 5.78 Å². The van der Waals surface area contributed by atoms with Crippen LogP contribution < -0.4 is 0 Å². The predicted molar refractivity (Wildman–Crippen MR) is 37.1 cm³/mol. The zero-order valence-electron chi connectivity index (χ0n) is 6.13. The van der Waals surface area contributed by atoms with E-state index < -0.39 is 0 Å². The van der Waals surface area contributed by atoms with Crippen molar-refractivity contribution in [2.24, 2.45) is 11.8 Å². The zero-order chi connectivity index (χ0) is 7.56. The highest BCUT2D eigenvalue weighted by atomic mass is 16.1. The monoisotopic (exact) mass is 137 g/mol. The molecule has 0 aliphatic heterocycles. The maximum atomic E-state index is 10.9. The smallest absolute Gasteiger partial charge is 0.134 e. The molecule has 0 bridgehead atoms. The quantitative estimate of drug-likeness (QED) is 0.549. The maximum Gasteiger partial charge on any atom is 0.134 e. The van der Waals surface area contributed by atoms with E-state index in [1.165, 1.54) is 0 Å².